The van der Waals surface area contributed by atoms with Crippen molar-refractivity contribution in [1.29, 1.82) is 0 Å². The van der Waals surface area contributed by atoms with Gasteiger partial charge in [-0.1, -0.05) is 6.07 Å². The Bertz CT molecular complexity index is 349. The molecule has 0 saturated heterocycles. The summed E-state index contributed by atoms with van der Waals surface area (Å²) in [4.78, 5) is 0.990. The zero-order chi connectivity index (χ0) is 9.26. The minimum Gasteiger partial charge on any atom is -0.385 e. The van der Waals surface area contributed by atoms with Gasteiger partial charge in [-0.2, -0.15) is 0 Å². The van der Waals surface area contributed by atoms with Gasteiger partial charge in [0.1, 0.15) is 0 Å². The van der Waals surface area contributed by atoms with Crippen LogP contribution < -0.4 is 5.32 Å². The van der Waals surface area contributed by atoms with Crippen molar-refractivity contribution in [3.8, 4) is 0 Å². The van der Waals surface area contributed by atoms with E-state index in [9.17, 15) is 4.21 Å². The first-order valence-electron chi connectivity index (χ1n) is 4.48. The van der Waals surface area contributed by atoms with Crippen LogP contribution in [0, 0.1) is 0 Å². The summed E-state index contributed by atoms with van der Waals surface area (Å²) < 4.78 is 11.4. The average Bonchev–Trinajstić information content (AvgIpc) is 2.17. The minimum absolute atomic E-state index is 0.858. The second-order valence-corrected chi connectivity index (χ2v) is 4.61. The minimum atomic E-state index is -0.858. The Kier molecular flexibility index (Phi) is 2.36. The first-order chi connectivity index (χ1) is 6.29. The van der Waals surface area contributed by atoms with Crippen molar-refractivity contribution in [2.45, 2.75) is 17.7 Å². The van der Waals surface area contributed by atoms with Crippen molar-refractivity contribution in [2.75, 3.05) is 18.1 Å². The average molecular weight is 195 g/mol. The molecule has 2 rings (SSSR count). The maximum Gasteiger partial charge on any atom is 0.0501 e. The molecule has 0 bridgehead atoms. The zero-order valence-electron chi connectivity index (χ0n) is 7.67. The van der Waals surface area contributed by atoms with Gasteiger partial charge >= 0.3 is 0 Å². The van der Waals surface area contributed by atoms with Crippen LogP contribution in [-0.4, -0.2) is 17.0 Å². The van der Waals surface area contributed by atoms with E-state index < -0.39 is 10.8 Å². The molecular formula is C10H13NOS. The monoisotopic (exact) mass is 195 g/mol. The van der Waals surface area contributed by atoms with Crippen LogP contribution in [0.25, 0.3) is 0 Å². The van der Waals surface area contributed by atoms with Crippen LogP contribution in [0.4, 0.5) is 5.69 Å². The van der Waals surface area contributed by atoms with Crippen molar-refractivity contribution >= 4 is 16.5 Å². The van der Waals surface area contributed by atoms with E-state index >= 15 is 0 Å². The van der Waals surface area contributed by atoms with Crippen LogP contribution in [0.1, 0.15) is 12.0 Å². The molecule has 1 aliphatic rings. The molecular weight excluding hydrogens is 182 g/mol. The molecule has 0 aromatic heterocycles. The van der Waals surface area contributed by atoms with E-state index in [1.165, 1.54) is 11.3 Å². The van der Waals surface area contributed by atoms with Crippen molar-refractivity contribution in [3.63, 3.8) is 0 Å². The lowest BCUT2D eigenvalue weighted by atomic mass is 10.0. The van der Waals surface area contributed by atoms with E-state index in [4.69, 9.17) is 0 Å². The van der Waals surface area contributed by atoms with E-state index in [2.05, 4.69) is 11.4 Å². The summed E-state index contributed by atoms with van der Waals surface area (Å²) in [6, 6.07) is 5.99. The fourth-order valence-electron chi connectivity index (χ4n) is 1.75. The smallest absolute Gasteiger partial charge is 0.0501 e. The molecule has 2 nitrogen and oxygen atoms in total. The molecule has 1 aromatic carbocycles. The van der Waals surface area contributed by atoms with Crippen molar-refractivity contribution in [1.82, 2.24) is 0 Å². The fraction of sp³-hybridized carbons (Fsp3) is 0.400. The number of benzene rings is 1. The molecule has 1 aromatic rings. The molecule has 1 N–H and O–H groups in total. The summed E-state index contributed by atoms with van der Waals surface area (Å²) in [5.41, 5.74) is 2.41. The van der Waals surface area contributed by atoms with E-state index in [1.54, 1.807) is 6.26 Å². The molecule has 1 unspecified atom stereocenters. The fourth-order valence-corrected chi connectivity index (χ4v) is 2.58. The lowest BCUT2D eigenvalue weighted by Crippen LogP contribution is -2.13. The summed E-state index contributed by atoms with van der Waals surface area (Å²) in [7, 11) is -0.858. The van der Waals surface area contributed by atoms with Gasteiger partial charge in [-0.25, -0.2) is 0 Å². The highest BCUT2D eigenvalue weighted by atomic mass is 32.2. The van der Waals surface area contributed by atoms with E-state index in [-0.39, 0.29) is 0 Å². The number of anilines is 1. The largest absolute Gasteiger partial charge is 0.385 e. The summed E-state index contributed by atoms with van der Waals surface area (Å²) in [6.45, 7) is 1.03. The lowest BCUT2D eigenvalue weighted by Gasteiger charge is -2.19. The number of hydrogen-bond acceptors (Lipinski definition) is 2. The van der Waals surface area contributed by atoms with Gasteiger partial charge in [0.05, 0.1) is 10.8 Å². The first kappa shape index (κ1) is 8.75. The maximum absolute atomic E-state index is 11.4. The number of fused-ring (bicyclic) bond motifs is 1. The van der Waals surface area contributed by atoms with Crippen LogP contribution in [0.5, 0.6) is 0 Å². The van der Waals surface area contributed by atoms with E-state index in [1.807, 2.05) is 12.1 Å². The predicted molar refractivity (Wildman–Crippen MR) is 55.6 cm³/mol. The van der Waals surface area contributed by atoms with Crippen LogP contribution in [-0.2, 0) is 17.2 Å². The van der Waals surface area contributed by atoms with Crippen molar-refractivity contribution in [2.24, 2.45) is 0 Å². The van der Waals surface area contributed by atoms with Crippen molar-refractivity contribution < 1.29 is 4.21 Å². The Morgan fingerprint density at radius 2 is 2.31 bits per heavy atom. The quantitative estimate of drug-likeness (QED) is 0.740. The third kappa shape index (κ3) is 1.61. The van der Waals surface area contributed by atoms with Gasteiger partial charge in [0.15, 0.2) is 0 Å². The van der Waals surface area contributed by atoms with Gasteiger partial charge in [0.25, 0.3) is 0 Å². The summed E-state index contributed by atoms with van der Waals surface area (Å²) in [5, 5.41) is 3.32. The standard InChI is InChI=1S/C10H13NOS/c1-13(12)10-6-2-5-9-8(10)4-3-7-11-9/h2,5-6,11H,3-4,7H2,1H3. The molecule has 0 spiro atoms. The third-order valence-electron chi connectivity index (χ3n) is 2.36. The summed E-state index contributed by atoms with van der Waals surface area (Å²) in [6.07, 6.45) is 3.93. The topological polar surface area (TPSA) is 29.1 Å². The van der Waals surface area contributed by atoms with Gasteiger partial charge in [-0.15, -0.1) is 0 Å². The molecule has 0 aliphatic carbocycles. The van der Waals surface area contributed by atoms with Gasteiger partial charge < -0.3 is 5.32 Å². The molecule has 0 amide bonds. The first-order valence-corrected chi connectivity index (χ1v) is 6.04. The van der Waals surface area contributed by atoms with Gasteiger partial charge in [0.2, 0.25) is 0 Å². The number of nitrogens with one attached hydrogen (secondary N) is 1. The Labute approximate surface area is 80.8 Å². The molecule has 1 atom stereocenters. The molecule has 0 radical (unpaired) electrons. The lowest BCUT2D eigenvalue weighted by molar-refractivity contribution is 0.685. The Morgan fingerprint density at radius 1 is 1.46 bits per heavy atom. The van der Waals surface area contributed by atoms with Crippen LogP contribution in [0.2, 0.25) is 0 Å². The maximum atomic E-state index is 11.4. The number of hydrogen-bond donors (Lipinski definition) is 1. The molecule has 3 heteroatoms. The summed E-state index contributed by atoms with van der Waals surface area (Å²) >= 11 is 0. The molecule has 1 aliphatic heterocycles. The Hall–Kier alpha value is -0.830. The predicted octanol–water partition coefficient (Wildman–Crippen LogP) is 1.78. The highest BCUT2D eigenvalue weighted by Crippen LogP contribution is 2.26. The molecule has 0 saturated carbocycles. The van der Waals surface area contributed by atoms with E-state index in [0.717, 1.165) is 24.3 Å². The SMILES string of the molecule is CS(=O)c1cccc2c1CCCN2. The van der Waals surface area contributed by atoms with Gasteiger partial charge in [0, 0.05) is 23.4 Å². The Morgan fingerprint density at radius 3 is 3.08 bits per heavy atom. The second kappa shape index (κ2) is 3.50. The van der Waals surface area contributed by atoms with Gasteiger partial charge in [-0.3, -0.25) is 4.21 Å². The van der Waals surface area contributed by atoms with Crippen molar-refractivity contribution in [3.05, 3.63) is 23.8 Å². The molecule has 0 fully saturated rings. The summed E-state index contributed by atoms with van der Waals surface area (Å²) in [5.74, 6) is 0. The zero-order valence-corrected chi connectivity index (χ0v) is 8.49. The molecule has 1 heterocycles. The molecule has 13 heavy (non-hydrogen) atoms. The Balaban J connectivity index is 2.52. The highest BCUT2D eigenvalue weighted by Gasteiger charge is 2.13. The van der Waals surface area contributed by atoms with Crippen LogP contribution in [0.3, 0.4) is 0 Å². The van der Waals surface area contributed by atoms with Gasteiger partial charge in [-0.05, 0) is 30.5 Å². The molecule has 70 valence electrons. The second-order valence-electron chi connectivity index (χ2n) is 3.27. The normalized spacial score (nSPS) is 17.3. The van der Waals surface area contributed by atoms with Crippen LogP contribution >= 0.6 is 0 Å². The van der Waals surface area contributed by atoms with Crippen LogP contribution in [0.15, 0.2) is 23.1 Å². The number of rotatable bonds is 1. The third-order valence-corrected chi connectivity index (χ3v) is 3.36. The highest BCUT2D eigenvalue weighted by molar-refractivity contribution is 7.84. The van der Waals surface area contributed by atoms with E-state index in [0.29, 0.717) is 0 Å².